The summed E-state index contributed by atoms with van der Waals surface area (Å²) in [5, 5.41) is 10.4. The van der Waals surface area contributed by atoms with Crippen LogP contribution in [0.15, 0.2) is 42.5 Å². The number of rotatable bonds is 4. The van der Waals surface area contributed by atoms with E-state index < -0.39 is 12.0 Å². The van der Waals surface area contributed by atoms with Crippen molar-refractivity contribution in [1.29, 1.82) is 0 Å². The second-order valence-corrected chi connectivity index (χ2v) is 6.68. The summed E-state index contributed by atoms with van der Waals surface area (Å²) >= 11 is 12.2. The zero-order valence-electron chi connectivity index (χ0n) is 12.8. The molecule has 0 bridgehead atoms. The fraction of sp³-hybridized carbons (Fsp3) is 0.278. The molecule has 0 amide bonds. The van der Waals surface area contributed by atoms with Crippen LogP contribution >= 0.6 is 23.2 Å². The third-order valence-corrected chi connectivity index (χ3v) is 5.10. The number of hydrogen-bond donors (Lipinski definition) is 1. The number of carboxylic acid groups (broad SMARTS) is 1. The average molecular weight is 368 g/mol. The number of halogens is 3. The topological polar surface area (TPSA) is 40.5 Å². The Morgan fingerprint density at radius 2 is 1.79 bits per heavy atom. The molecule has 1 N–H and O–H groups in total. The summed E-state index contributed by atoms with van der Waals surface area (Å²) < 4.78 is 13.3. The van der Waals surface area contributed by atoms with Gasteiger partial charge in [-0.15, -0.1) is 0 Å². The van der Waals surface area contributed by atoms with Gasteiger partial charge in [-0.3, -0.25) is 9.69 Å². The van der Waals surface area contributed by atoms with Gasteiger partial charge >= 0.3 is 5.97 Å². The fourth-order valence-electron chi connectivity index (χ4n) is 3.27. The number of aliphatic carboxylic acids is 1. The van der Waals surface area contributed by atoms with Crippen molar-refractivity contribution in [3.8, 4) is 0 Å². The van der Waals surface area contributed by atoms with Gasteiger partial charge in [-0.2, -0.15) is 0 Å². The molecule has 0 spiro atoms. The molecular formula is C18H16Cl2FNO2. The van der Waals surface area contributed by atoms with Crippen LogP contribution in [0.5, 0.6) is 0 Å². The van der Waals surface area contributed by atoms with E-state index in [4.69, 9.17) is 23.2 Å². The van der Waals surface area contributed by atoms with Gasteiger partial charge in [0.05, 0.1) is 16.1 Å². The molecule has 2 aromatic rings. The molecule has 6 heteroatoms. The Balaban J connectivity index is 2.08. The number of nitrogens with zero attached hydrogens (tertiary/aromatic N) is 1. The quantitative estimate of drug-likeness (QED) is 0.845. The molecule has 0 unspecified atom stereocenters. The summed E-state index contributed by atoms with van der Waals surface area (Å²) in [7, 11) is 0. The molecule has 126 valence electrons. The van der Waals surface area contributed by atoms with Crippen LogP contribution in [0.25, 0.3) is 0 Å². The minimum atomic E-state index is -0.848. The van der Waals surface area contributed by atoms with Gasteiger partial charge in [0.25, 0.3) is 0 Å². The maximum absolute atomic E-state index is 13.3. The zero-order valence-corrected chi connectivity index (χ0v) is 14.3. The lowest BCUT2D eigenvalue weighted by molar-refractivity contribution is -0.142. The summed E-state index contributed by atoms with van der Waals surface area (Å²) in [6.45, 7) is 0.652. The van der Waals surface area contributed by atoms with Crippen LogP contribution in [0.4, 0.5) is 4.39 Å². The highest BCUT2D eigenvalue weighted by Crippen LogP contribution is 2.37. The second kappa shape index (κ2) is 7.09. The first-order chi connectivity index (χ1) is 11.5. The summed E-state index contributed by atoms with van der Waals surface area (Å²) in [5.41, 5.74) is 1.66. The maximum Gasteiger partial charge on any atom is 0.320 e. The van der Waals surface area contributed by atoms with Gasteiger partial charge in [0.1, 0.15) is 11.9 Å². The van der Waals surface area contributed by atoms with Crippen molar-refractivity contribution < 1.29 is 14.3 Å². The van der Waals surface area contributed by atoms with Gasteiger partial charge in [-0.25, -0.2) is 4.39 Å². The smallest absolute Gasteiger partial charge is 0.320 e. The van der Waals surface area contributed by atoms with Gasteiger partial charge in [0.2, 0.25) is 0 Å². The molecule has 3 nitrogen and oxygen atoms in total. The van der Waals surface area contributed by atoms with E-state index in [2.05, 4.69) is 0 Å². The van der Waals surface area contributed by atoms with Crippen molar-refractivity contribution in [3.63, 3.8) is 0 Å². The highest BCUT2D eigenvalue weighted by molar-refractivity contribution is 6.42. The summed E-state index contributed by atoms with van der Waals surface area (Å²) in [6, 6.07) is 10.5. The lowest BCUT2D eigenvalue weighted by atomic mass is 9.96. The normalized spacial score (nSPS) is 19.4. The van der Waals surface area contributed by atoms with Crippen LogP contribution in [0.3, 0.4) is 0 Å². The van der Waals surface area contributed by atoms with E-state index in [0.29, 0.717) is 23.0 Å². The maximum atomic E-state index is 13.3. The van der Waals surface area contributed by atoms with E-state index in [-0.39, 0.29) is 11.9 Å². The second-order valence-electron chi connectivity index (χ2n) is 5.86. The van der Waals surface area contributed by atoms with Crippen LogP contribution in [0.2, 0.25) is 10.0 Å². The molecule has 24 heavy (non-hydrogen) atoms. The van der Waals surface area contributed by atoms with Crippen molar-refractivity contribution in [1.82, 2.24) is 4.90 Å². The predicted octanol–water partition coefficient (Wildman–Crippen LogP) is 4.77. The average Bonchev–Trinajstić information content (AvgIpc) is 3.02. The van der Waals surface area contributed by atoms with E-state index in [1.807, 2.05) is 11.0 Å². The van der Waals surface area contributed by atoms with Gasteiger partial charge in [0.15, 0.2) is 0 Å². The van der Waals surface area contributed by atoms with E-state index >= 15 is 0 Å². The molecule has 1 heterocycles. The molecule has 1 fully saturated rings. The minimum Gasteiger partial charge on any atom is -0.480 e. The number of carbonyl (C=O) groups is 1. The third kappa shape index (κ3) is 3.41. The number of benzene rings is 2. The summed E-state index contributed by atoms with van der Waals surface area (Å²) in [5.74, 6) is -1.18. The standard InChI is InChI=1S/C18H16Cl2FNO2/c19-14-8-5-12(10-15(14)20)17(11-3-6-13(21)7-4-11)22-9-1-2-16(22)18(23)24/h3-8,10,16-17H,1-2,9H2,(H,23,24)/t16-,17-/m0/s1. The molecular weight excluding hydrogens is 352 g/mol. The van der Waals surface area contributed by atoms with Gasteiger partial charge < -0.3 is 5.11 Å². The Bertz CT molecular complexity index is 751. The van der Waals surface area contributed by atoms with Gasteiger partial charge in [0, 0.05) is 6.54 Å². The number of carboxylic acids is 1. The Labute approximate surface area is 149 Å². The van der Waals surface area contributed by atoms with Crippen LogP contribution in [-0.4, -0.2) is 28.6 Å². The first kappa shape index (κ1) is 17.2. The molecule has 1 aliphatic heterocycles. The SMILES string of the molecule is O=C(O)[C@@H]1CCCN1[C@@H](c1ccc(F)cc1)c1ccc(Cl)c(Cl)c1. The molecule has 0 aromatic heterocycles. The number of likely N-dealkylation sites (tertiary alicyclic amines) is 1. The molecule has 2 atom stereocenters. The van der Waals surface area contributed by atoms with E-state index in [0.717, 1.165) is 17.5 Å². The lowest BCUT2D eigenvalue weighted by Gasteiger charge is -2.32. The lowest BCUT2D eigenvalue weighted by Crippen LogP contribution is -2.39. The number of hydrogen-bond acceptors (Lipinski definition) is 2. The Morgan fingerprint density at radius 1 is 1.12 bits per heavy atom. The zero-order chi connectivity index (χ0) is 17.3. The fourth-order valence-corrected chi connectivity index (χ4v) is 3.57. The molecule has 0 radical (unpaired) electrons. The van der Waals surface area contributed by atoms with E-state index in [1.165, 1.54) is 12.1 Å². The van der Waals surface area contributed by atoms with Crippen LogP contribution in [0.1, 0.15) is 30.0 Å². The van der Waals surface area contributed by atoms with E-state index in [1.54, 1.807) is 24.3 Å². The minimum absolute atomic E-state index is 0.316. The predicted molar refractivity (Wildman–Crippen MR) is 92.1 cm³/mol. The molecule has 0 saturated carbocycles. The third-order valence-electron chi connectivity index (χ3n) is 4.36. The first-order valence-corrected chi connectivity index (χ1v) is 8.42. The van der Waals surface area contributed by atoms with Crippen molar-refractivity contribution in [2.45, 2.75) is 24.9 Å². The van der Waals surface area contributed by atoms with Crippen molar-refractivity contribution >= 4 is 29.2 Å². The molecule has 2 aromatic carbocycles. The van der Waals surface area contributed by atoms with Crippen molar-refractivity contribution in [3.05, 3.63) is 69.5 Å². The van der Waals surface area contributed by atoms with Crippen LogP contribution in [-0.2, 0) is 4.79 Å². The van der Waals surface area contributed by atoms with Gasteiger partial charge in [-0.05, 0) is 48.2 Å². The molecule has 1 saturated heterocycles. The Kier molecular flexibility index (Phi) is 5.09. The first-order valence-electron chi connectivity index (χ1n) is 7.66. The molecule has 1 aliphatic rings. The summed E-state index contributed by atoms with van der Waals surface area (Å²) in [4.78, 5) is 13.5. The highest BCUT2D eigenvalue weighted by Gasteiger charge is 2.36. The van der Waals surface area contributed by atoms with Crippen molar-refractivity contribution in [2.75, 3.05) is 6.54 Å². The monoisotopic (exact) mass is 367 g/mol. The highest BCUT2D eigenvalue weighted by atomic mass is 35.5. The van der Waals surface area contributed by atoms with Gasteiger partial charge in [-0.1, -0.05) is 41.4 Å². The van der Waals surface area contributed by atoms with Crippen molar-refractivity contribution in [2.24, 2.45) is 0 Å². The Hall–Kier alpha value is -1.62. The Morgan fingerprint density at radius 3 is 2.42 bits per heavy atom. The molecule has 0 aliphatic carbocycles. The van der Waals surface area contributed by atoms with Crippen LogP contribution in [0, 0.1) is 5.82 Å². The largest absolute Gasteiger partial charge is 0.480 e. The van der Waals surface area contributed by atoms with Crippen LogP contribution < -0.4 is 0 Å². The van der Waals surface area contributed by atoms with E-state index in [9.17, 15) is 14.3 Å². The molecule has 3 rings (SSSR count). The summed E-state index contributed by atoms with van der Waals surface area (Å²) in [6.07, 6.45) is 1.39.